The van der Waals surface area contributed by atoms with Crippen molar-refractivity contribution in [2.45, 2.75) is 53.1 Å². The van der Waals surface area contributed by atoms with Crippen molar-refractivity contribution < 1.29 is 5.11 Å². The summed E-state index contributed by atoms with van der Waals surface area (Å²) in [7, 11) is 0. The van der Waals surface area contributed by atoms with Crippen LogP contribution in [0.15, 0.2) is 0 Å². The van der Waals surface area contributed by atoms with Gasteiger partial charge in [-0.25, -0.2) is 0 Å². The lowest BCUT2D eigenvalue weighted by molar-refractivity contribution is 0.0904. The lowest BCUT2D eigenvalue weighted by atomic mass is 9.87. The van der Waals surface area contributed by atoms with Gasteiger partial charge in [0.05, 0.1) is 6.10 Å². The van der Waals surface area contributed by atoms with Crippen LogP contribution in [0.4, 0.5) is 0 Å². The third kappa shape index (κ3) is 4.41. The van der Waals surface area contributed by atoms with Gasteiger partial charge in [-0.1, -0.05) is 33.6 Å². The van der Waals surface area contributed by atoms with Gasteiger partial charge in [0, 0.05) is 0 Å². The van der Waals surface area contributed by atoms with Crippen molar-refractivity contribution in [3.8, 4) is 0 Å². The van der Waals surface area contributed by atoms with Crippen molar-refractivity contribution in [1.82, 2.24) is 0 Å². The van der Waals surface area contributed by atoms with E-state index in [0.29, 0.717) is 11.8 Å². The molecular formula is C10H22O. The Morgan fingerprint density at radius 3 is 2.00 bits per heavy atom. The van der Waals surface area contributed by atoms with Crippen LogP contribution >= 0.6 is 0 Å². The molecular weight excluding hydrogens is 136 g/mol. The molecule has 1 nitrogen and oxygen atoms in total. The van der Waals surface area contributed by atoms with E-state index in [2.05, 4.69) is 20.8 Å². The highest BCUT2D eigenvalue weighted by molar-refractivity contribution is 4.67. The average molecular weight is 158 g/mol. The zero-order valence-electron chi connectivity index (χ0n) is 8.30. The molecule has 11 heavy (non-hydrogen) atoms. The first-order valence-electron chi connectivity index (χ1n) is 4.77. The molecule has 0 aromatic carbocycles. The quantitative estimate of drug-likeness (QED) is 0.652. The standard InChI is InChI=1S/C10H22O/c1-5-6-7-10(8(2)3)9(4)11/h8-11H,5-7H2,1-4H3/t9?,10-/m0/s1. The number of unbranched alkanes of at least 4 members (excludes halogenated alkanes) is 1. The SMILES string of the molecule is CCCC[C@@H](C(C)C)C(C)O. The van der Waals surface area contributed by atoms with Gasteiger partial charge in [-0.3, -0.25) is 0 Å². The molecule has 0 spiro atoms. The first-order valence-corrected chi connectivity index (χ1v) is 4.77. The molecule has 0 saturated heterocycles. The van der Waals surface area contributed by atoms with Crippen LogP contribution in [0.3, 0.4) is 0 Å². The lowest BCUT2D eigenvalue weighted by Crippen LogP contribution is -2.22. The van der Waals surface area contributed by atoms with Crippen molar-refractivity contribution in [2.24, 2.45) is 11.8 Å². The summed E-state index contributed by atoms with van der Waals surface area (Å²) >= 11 is 0. The van der Waals surface area contributed by atoms with Crippen LogP contribution in [0.1, 0.15) is 47.0 Å². The molecule has 0 aliphatic heterocycles. The predicted octanol–water partition coefficient (Wildman–Crippen LogP) is 2.83. The number of aliphatic hydroxyl groups excluding tert-OH is 1. The van der Waals surface area contributed by atoms with Crippen LogP contribution in [-0.2, 0) is 0 Å². The van der Waals surface area contributed by atoms with Gasteiger partial charge in [-0.2, -0.15) is 0 Å². The summed E-state index contributed by atoms with van der Waals surface area (Å²) < 4.78 is 0. The molecule has 0 bridgehead atoms. The number of rotatable bonds is 5. The molecule has 68 valence electrons. The Balaban J connectivity index is 3.70. The Bertz CT molecular complexity index is 78.9. The zero-order valence-corrected chi connectivity index (χ0v) is 8.30. The van der Waals surface area contributed by atoms with Gasteiger partial charge in [0.25, 0.3) is 0 Å². The Kier molecular flexibility index (Phi) is 5.57. The molecule has 0 heterocycles. The fraction of sp³-hybridized carbons (Fsp3) is 1.00. The van der Waals surface area contributed by atoms with E-state index in [1.165, 1.54) is 19.3 Å². The van der Waals surface area contributed by atoms with E-state index in [4.69, 9.17) is 0 Å². The maximum Gasteiger partial charge on any atom is 0.0542 e. The highest BCUT2D eigenvalue weighted by Gasteiger charge is 2.17. The second-order valence-electron chi connectivity index (χ2n) is 3.79. The normalized spacial score (nSPS) is 16.9. The number of hydrogen-bond donors (Lipinski definition) is 1. The highest BCUT2D eigenvalue weighted by Crippen LogP contribution is 2.21. The minimum Gasteiger partial charge on any atom is -0.393 e. The average Bonchev–Trinajstić information content (AvgIpc) is 1.87. The van der Waals surface area contributed by atoms with E-state index in [-0.39, 0.29) is 6.10 Å². The van der Waals surface area contributed by atoms with E-state index in [9.17, 15) is 5.11 Å². The summed E-state index contributed by atoms with van der Waals surface area (Å²) in [6.45, 7) is 8.47. The molecule has 1 N–H and O–H groups in total. The van der Waals surface area contributed by atoms with E-state index >= 15 is 0 Å². The smallest absolute Gasteiger partial charge is 0.0542 e. The van der Waals surface area contributed by atoms with Crippen LogP contribution in [0.5, 0.6) is 0 Å². The molecule has 0 aliphatic rings. The second kappa shape index (κ2) is 5.59. The Hall–Kier alpha value is -0.0400. The summed E-state index contributed by atoms with van der Waals surface area (Å²) in [4.78, 5) is 0. The van der Waals surface area contributed by atoms with Crippen molar-refractivity contribution in [3.05, 3.63) is 0 Å². The summed E-state index contributed by atoms with van der Waals surface area (Å²) in [5.74, 6) is 1.11. The molecule has 0 saturated carbocycles. The Labute approximate surface area is 70.8 Å². The van der Waals surface area contributed by atoms with Gasteiger partial charge in [0.2, 0.25) is 0 Å². The molecule has 0 aliphatic carbocycles. The van der Waals surface area contributed by atoms with Crippen LogP contribution < -0.4 is 0 Å². The van der Waals surface area contributed by atoms with Gasteiger partial charge >= 0.3 is 0 Å². The first-order chi connectivity index (χ1) is 5.09. The molecule has 0 radical (unpaired) electrons. The molecule has 0 aromatic rings. The number of aliphatic hydroxyl groups is 1. The van der Waals surface area contributed by atoms with Gasteiger partial charge in [0.1, 0.15) is 0 Å². The highest BCUT2D eigenvalue weighted by atomic mass is 16.3. The third-order valence-corrected chi connectivity index (χ3v) is 2.37. The van der Waals surface area contributed by atoms with E-state index in [1.807, 2.05) is 6.92 Å². The molecule has 1 heteroatoms. The van der Waals surface area contributed by atoms with Crippen molar-refractivity contribution in [3.63, 3.8) is 0 Å². The first kappa shape index (κ1) is 11.0. The second-order valence-corrected chi connectivity index (χ2v) is 3.79. The molecule has 2 atom stereocenters. The fourth-order valence-corrected chi connectivity index (χ4v) is 1.57. The summed E-state index contributed by atoms with van der Waals surface area (Å²) in [6.07, 6.45) is 3.51. The molecule has 0 rings (SSSR count). The van der Waals surface area contributed by atoms with Crippen molar-refractivity contribution >= 4 is 0 Å². The van der Waals surface area contributed by atoms with E-state index in [1.54, 1.807) is 0 Å². The summed E-state index contributed by atoms with van der Waals surface area (Å²) in [5.41, 5.74) is 0. The van der Waals surface area contributed by atoms with Crippen molar-refractivity contribution in [2.75, 3.05) is 0 Å². The fourth-order valence-electron chi connectivity index (χ4n) is 1.57. The van der Waals surface area contributed by atoms with Gasteiger partial charge in [0.15, 0.2) is 0 Å². The molecule has 0 amide bonds. The minimum absolute atomic E-state index is 0.137. The molecule has 0 fully saturated rings. The maximum absolute atomic E-state index is 9.41. The largest absolute Gasteiger partial charge is 0.393 e. The van der Waals surface area contributed by atoms with Crippen LogP contribution in [0.2, 0.25) is 0 Å². The van der Waals surface area contributed by atoms with E-state index < -0.39 is 0 Å². The lowest BCUT2D eigenvalue weighted by Gasteiger charge is -2.23. The molecule has 1 unspecified atom stereocenters. The Morgan fingerprint density at radius 2 is 1.73 bits per heavy atom. The van der Waals surface area contributed by atoms with Crippen molar-refractivity contribution in [1.29, 1.82) is 0 Å². The minimum atomic E-state index is -0.137. The van der Waals surface area contributed by atoms with Crippen LogP contribution in [0.25, 0.3) is 0 Å². The van der Waals surface area contributed by atoms with Crippen LogP contribution in [0, 0.1) is 11.8 Å². The topological polar surface area (TPSA) is 20.2 Å². The van der Waals surface area contributed by atoms with Gasteiger partial charge < -0.3 is 5.11 Å². The predicted molar refractivity (Wildman–Crippen MR) is 49.5 cm³/mol. The zero-order chi connectivity index (χ0) is 8.85. The summed E-state index contributed by atoms with van der Waals surface area (Å²) in [5, 5.41) is 9.41. The number of hydrogen-bond acceptors (Lipinski definition) is 1. The van der Waals surface area contributed by atoms with E-state index in [0.717, 1.165) is 0 Å². The maximum atomic E-state index is 9.41. The summed E-state index contributed by atoms with van der Waals surface area (Å²) in [6, 6.07) is 0. The van der Waals surface area contributed by atoms with Gasteiger partial charge in [-0.05, 0) is 25.2 Å². The Morgan fingerprint density at radius 1 is 1.18 bits per heavy atom. The van der Waals surface area contributed by atoms with Gasteiger partial charge in [-0.15, -0.1) is 0 Å². The third-order valence-electron chi connectivity index (χ3n) is 2.37. The molecule has 0 aromatic heterocycles. The monoisotopic (exact) mass is 158 g/mol. The van der Waals surface area contributed by atoms with Crippen LogP contribution in [-0.4, -0.2) is 11.2 Å².